The molecule has 0 aliphatic heterocycles. The Balaban J connectivity index is 2.46. The molecular weight excluding hydrogens is 230 g/mol. The maximum Gasteiger partial charge on any atom is 0.123 e. The highest BCUT2D eigenvalue weighted by atomic mass is 32.1. The number of aryl methyl sites for hydroxylation is 2. The molecule has 0 fully saturated rings. The van der Waals surface area contributed by atoms with Crippen molar-refractivity contribution in [2.24, 2.45) is 5.73 Å². The van der Waals surface area contributed by atoms with Crippen molar-refractivity contribution in [2.45, 2.75) is 19.9 Å². The Morgan fingerprint density at radius 2 is 1.94 bits per heavy atom. The third-order valence-electron chi connectivity index (χ3n) is 2.95. The van der Waals surface area contributed by atoms with E-state index in [1.165, 1.54) is 16.0 Å². The van der Waals surface area contributed by atoms with Crippen LogP contribution in [0, 0.1) is 13.8 Å². The first-order chi connectivity index (χ1) is 8.13. The molecule has 0 aliphatic rings. The lowest BCUT2D eigenvalue weighted by Gasteiger charge is -2.16. The van der Waals surface area contributed by atoms with Crippen molar-refractivity contribution in [2.75, 3.05) is 7.11 Å². The standard InChI is InChI=1S/C14H17NOS/c1-9-4-5-13(16-3)12(8-9)14(15)11-6-7-17-10(11)2/h4-8,14H,15H2,1-3H3. The highest BCUT2D eigenvalue weighted by Gasteiger charge is 2.16. The van der Waals surface area contributed by atoms with Gasteiger partial charge in [0.1, 0.15) is 5.75 Å². The van der Waals surface area contributed by atoms with Crippen molar-refractivity contribution in [3.8, 4) is 5.75 Å². The van der Waals surface area contributed by atoms with Crippen molar-refractivity contribution < 1.29 is 4.74 Å². The average molecular weight is 247 g/mol. The van der Waals surface area contributed by atoms with E-state index in [4.69, 9.17) is 10.5 Å². The minimum atomic E-state index is -0.115. The number of ether oxygens (including phenoxy) is 1. The van der Waals surface area contributed by atoms with Crippen molar-refractivity contribution in [3.63, 3.8) is 0 Å². The fraction of sp³-hybridized carbons (Fsp3) is 0.286. The van der Waals surface area contributed by atoms with E-state index >= 15 is 0 Å². The van der Waals surface area contributed by atoms with Gasteiger partial charge in [-0.2, -0.15) is 0 Å². The van der Waals surface area contributed by atoms with Crippen LogP contribution in [0.4, 0.5) is 0 Å². The molecule has 2 aromatic rings. The highest BCUT2D eigenvalue weighted by molar-refractivity contribution is 7.10. The Labute approximate surface area is 106 Å². The monoisotopic (exact) mass is 247 g/mol. The lowest BCUT2D eigenvalue weighted by molar-refractivity contribution is 0.407. The van der Waals surface area contributed by atoms with Crippen molar-refractivity contribution in [1.82, 2.24) is 0 Å². The first-order valence-electron chi connectivity index (χ1n) is 5.57. The largest absolute Gasteiger partial charge is 0.496 e. The molecule has 0 aliphatic carbocycles. The van der Waals surface area contributed by atoms with Gasteiger partial charge in [-0.25, -0.2) is 0 Å². The number of nitrogens with two attached hydrogens (primary N) is 1. The molecule has 17 heavy (non-hydrogen) atoms. The van der Waals surface area contributed by atoms with Crippen LogP contribution in [0.1, 0.15) is 27.6 Å². The number of methoxy groups -OCH3 is 1. The second-order valence-corrected chi connectivity index (χ2v) is 5.28. The minimum Gasteiger partial charge on any atom is -0.496 e. The van der Waals surface area contributed by atoms with Crippen LogP contribution in [0.25, 0.3) is 0 Å². The van der Waals surface area contributed by atoms with E-state index in [9.17, 15) is 0 Å². The summed E-state index contributed by atoms with van der Waals surface area (Å²) in [7, 11) is 1.68. The SMILES string of the molecule is COc1ccc(C)cc1C(N)c1ccsc1C. The minimum absolute atomic E-state index is 0.115. The summed E-state index contributed by atoms with van der Waals surface area (Å²) in [5, 5.41) is 2.08. The van der Waals surface area contributed by atoms with E-state index in [1.54, 1.807) is 18.4 Å². The molecule has 1 unspecified atom stereocenters. The summed E-state index contributed by atoms with van der Waals surface area (Å²) in [6.07, 6.45) is 0. The Morgan fingerprint density at radius 1 is 1.18 bits per heavy atom. The van der Waals surface area contributed by atoms with Crippen LogP contribution in [0.15, 0.2) is 29.6 Å². The Kier molecular flexibility index (Phi) is 3.50. The van der Waals surface area contributed by atoms with E-state index < -0.39 is 0 Å². The molecule has 0 radical (unpaired) electrons. The first kappa shape index (κ1) is 12.1. The smallest absolute Gasteiger partial charge is 0.123 e. The van der Waals surface area contributed by atoms with Gasteiger partial charge in [-0.05, 0) is 36.9 Å². The third kappa shape index (κ3) is 2.35. The summed E-state index contributed by atoms with van der Waals surface area (Å²) in [6, 6.07) is 8.09. The highest BCUT2D eigenvalue weighted by Crippen LogP contribution is 2.32. The Hall–Kier alpha value is -1.32. The molecule has 0 saturated carbocycles. The van der Waals surface area contributed by atoms with Gasteiger partial charge in [0, 0.05) is 10.4 Å². The van der Waals surface area contributed by atoms with Crippen molar-refractivity contribution in [1.29, 1.82) is 0 Å². The van der Waals surface area contributed by atoms with Crippen LogP contribution in [0.3, 0.4) is 0 Å². The lowest BCUT2D eigenvalue weighted by atomic mass is 9.98. The summed E-state index contributed by atoms with van der Waals surface area (Å²) < 4.78 is 5.38. The molecule has 0 spiro atoms. The fourth-order valence-corrected chi connectivity index (χ4v) is 2.73. The van der Waals surface area contributed by atoms with Gasteiger partial charge in [-0.15, -0.1) is 11.3 Å². The first-order valence-corrected chi connectivity index (χ1v) is 6.45. The van der Waals surface area contributed by atoms with E-state index in [0.29, 0.717) is 0 Å². The third-order valence-corrected chi connectivity index (χ3v) is 3.82. The fourth-order valence-electron chi connectivity index (χ4n) is 1.98. The van der Waals surface area contributed by atoms with Gasteiger partial charge in [0.05, 0.1) is 13.2 Å². The number of hydrogen-bond donors (Lipinski definition) is 1. The van der Waals surface area contributed by atoms with E-state index in [1.807, 2.05) is 12.1 Å². The number of hydrogen-bond acceptors (Lipinski definition) is 3. The summed E-state index contributed by atoms with van der Waals surface area (Å²) in [4.78, 5) is 1.26. The van der Waals surface area contributed by atoms with Gasteiger partial charge in [-0.3, -0.25) is 0 Å². The second-order valence-electron chi connectivity index (χ2n) is 4.16. The summed E-state index contributed by atoms with van der Waals surface area (Å²) in [6.45, 7) is 4.16. The normalized spacial score (nSPS) is 12.5. The quantitative estimate of drug-likeness (QED) is 0.902. The summed E-state index contributed by atoms with van der Waals surface area (Å²) >= 11 is 1.72. The van der Waals surface area contributed by atoms with E-state index in [2.05, 4.69) is 31.4 Å². The maximum atomic E-state index is 6.33. The number of thiophene rings is 1. The van der Waals surface area contributed by atoms with Gasteiger partial charge < -0.3 is 10.5 Å². The van der Waals surface area contributed by atoms with Crippen LogP contribution in [0.2, 0.25) is 0 Å². The van der Waals surface area contributed by atoms with E-state index in [-0.39, 0.29) is 6.04 Å². The zero-order chi connectivity index (χ0) is 12.4. The molecule has 0 amide bonds. The molecule has 0 bridgehead atoms. The predicted molar refractivity (Wildman–Crippen MR) is 72.8 cm³/mol. The van der Waals surface area contributed by atoms with E-state index in [0.717, 1.165) is 11.3 Å². The van der Waals surface area contributed by atoms with Gasteiger partial charge >= 0.3 is 0 Å². The number of benzene rings is 1. The average Bonchev–Trinajstić information content (AvgIpc) is 2.74. The van der Waals surface area contributed by atoms with Crippen molar-refractivity contribution in [3.05, 3.63) is 51.2 Å². The van der Waals surface area contributed by atoms with Crippen LogP contribution in [0.5, 0.6) is 5.75 Å². The molecule has 90 valence electrons. The summed E-state index contributed by atoms with van der Waals surface area (Å²) in [5.41, 5.74) is 9.76. The molecular formula is C14H17NOS. The maximum absolute atomic E-state index is 6.33. The zero-order valence-corrected chi connectivity index (χ0v) is 11.2. The molecule has 3 heteroatoms. The molecule has 2 rings (SSSR count). The lowest BCUT2D eigenvalue weighted by Crippen LogP contribution is -2.13. The van der Waals surface area contributed by atoms with Gasteiger partial charge in [0.2, 0.25) is 0 Å². The predicted octanol–water partition coefficient (Wildman–Crippen LogP) is 3.42. The topological polar surface area (TPSA) is 35.2 Å². The Morgan fingerprint density at radius 3 is 2.53 bits per heavy atom. The van der Waals surface area contributed by atoms with Crippen LogP contribution < -0.4 is 10.5 Å². The molecule has 2 nitrogen and oxygen atoms in total. The van der Waals surface area contributed by atoms with Gasteiger partial charge in [0.15, 0.2) is 0 Å². The number of rotatable bonds is 3. The molecule has 1 heterocycles. The van der Waals surface area contributed by atoms with Gasteiger partial charge in [0.25, 0.3) is 0 Å². The zero-order valence-electron chi connectivity index (χ0n) is 10.4. The summed E-state index contributed by atoms with van der Waals surface area (Å²) in [5.74, 6) is 0.855. The molecule has 1 atom stereocenters. The van der Waals surface area contributed by atoms with Gasteiger partial charge in [-0.1, -0.05) is 17.7 Å². The van der Waals surface area contributed by atoms with Crippen LogP contribution in [-0.4, -0.2) is 7.11 Å². The molecule has 2 N–H and O–H groups in total. The Bertz CT molecular complexity index is 519. The molecule has 1 aromatic carbocycles. The van der Waals surface area contributed by atoms with Crippen LogP contribution in [-0.2, 0) is 0 Å². The van der Waals surface area contributed by atoms with Crippen molar-refractivity contribution >= 4 is 11.3 Å². The molecule has 1 aromatic heterocycles. The second kappa shape index (κ2) is 4.90. The molecule has 0 saturated heterocycles. The van der Waals surface area contributed by atoms with Crippen LogP contribution >= 0.6 is 11.3 Å².